The summed E-state index contributed by atoms with van der Waals surface area (Å²) in [6.45, 7) is 2.20. The van der Waals surface area contributed by atoms with Gasteiger partial charge in [0.2, 0.25) is 0 Å². The first-order chi connectivity index (χ1) is 7.24. The van der Waals surface area contributed by atoms with Crippen LogP contribution >= 0.6 is 11.6 Å². The van der Waals surface area contributed by atoms with E-state index in [1.54, 1.807) is 18.3 Å². The largest absolute Gasteiger partial charge is 0.486 e. The number of ether oxygens (including phenoxy) is 1. The van der Waals surface area contributed by atoms with Crippen LogP contribution < -0.4 is 4.74 Å². The van der Waals surface area contributed by atoms with E-state index in [1.165, 1.54) is 0 Å². The lowest BCUT2D eigenvalue weighted by Gasteiger charge is -2.02. The van der Waals surface area contributed by atoms with Crippen LogP contribution in [0.2, 0.25) is 5.15 Å². The standard InChI is InChI=1S/C10H9ClN2O2/c1-7-4-8(13-15-7)6-14-9-2-3-10(11)12-5-9/h2-5H,6H2,1H3. The van der Waals surface area contributed by atoms with Crippen LogP contribution in [0.1, 0.15) is 11.5 Å². The Morgan fingerprint density at radius 1 is 1.47 bits per heavy atom. The molecule has 15 heavy (non-hydrogen) atoms. The molecule has 4 nitrogen and oxygen atoms in total. The molecule has 0 radical (unpaired) electrons. The van der Waals surface area contributed by atoms with Crippen LogP contribution in [0.4, 0.5) is 0 Å². The van der Waals surface area contributed by atoms with E-state index in [0.717, 1.165) is 11.5 Å². The Balaban J connectivity index is 1.96. The van der Waals surface area contributed by atoms with Crippen molar-refractivity contribution in [2.75, 3.05) is 0 Å². The predicted octanol–water partition coefficient (Wildman–Crippen LogP) is 2.61. The molecule has 0 spiro atoms. The van der Waals surface area contributed by atoms with Crippen LogP contribution in [0.3, 0.4) is 0 Å². The normalized spacial score (nSPS) is 10.3. The van der Waals surface area contributed by atoms with Crippen molar-refractivity contribution in [3.63, 3.8) is 0 Å². The Labute approximate surface area is 91.8 Å². The topological polar surface area (TPSA) is 48.2 Å². The molecule has 0 aliphatic heterocycles. The summed E-state index contributed by atoms with van der Waals surface area (Å²) in [6, 6.07) is 5.25. The zero-order valence-electron chi connectivity index (χ0n) is 8.11. The molecule has 2 heterocycles. The van der Waals surface area contributed by atoms with Crippen molar-refractivity contribution < 1.29 is 9.26 Å². The van der Waals surface area contributed by atoms with E-state index in [4.69, 9.17) is 20.9 Å². The fourth-order valence-corrected chi connectivity index (χ4v) is 1.20. The summed E-state index contributed by atoms with van der Waals surface area (Å²) in [5, 5.41) is 4.25. The van der Waals surface area contributed by atoms with Crippen molar-refractivity contribution in [2.45, 2.75) is 13.5 Å². The lowest BCUT2D eigenvalue weighted by Crippen LogP contribution is -1.95. The second-order valence-electron chi connectivity index (χ2n) is 3.03. The fourth-order valence-electron chi connectivity index (χ4n) is 1.09. The summed E-state index contributed by atoms with van der Waals surface area (Å²) in [6.07, 6.45) is 1.56. The third kappa shape index (κ3) is 2.70. The summed E-state index contributed by atoms with van der Waals surface area (Å²) >= 11 is 5.64. The van der Waals surface area contributed by atoms with E-state index in [1.807, 2.05) is 13.0 Å². The average Bonchev–Trinajstić information content (AvgIpc) is 2.64. The number of aromatic nitrogens is 2. The maximum absolute atomic E-state index is 5.64. The van der Waals surface area contributed by atoms with Gasteiger partial charge in [0.1, 0.15) is 29.0 Å². The van der Waals surface area contributed by atoms with E-state index in [0.29, 0.717) is 17.5 Å². The highest BCUT2D eigenvalue weighted by Crippen LogP contribution is 2.13. The molecule has 0 amide bonds. The van der Waals surface area contributed by atoms with Gasteiger partial charge in [-0.1, -0.05) is 16.8 Å². The Kier molecular flexibility index (Phi) is 2.87. The zero-order valence-corrected chi connectivity index (χ0v) is 8.86. The van der Waals surface area contributed by atoms with Crippen LogP contribution in [-0.2, 0) is 6.61 Å². The van der Waals surface area contributed by atoms with Gasteiger partial charge in [0.15, 0.2) is 0 Å². The van der Waals surface area contributed by atoms with Gasteiger partial charge in [-0.15, -0.1) is 0 Å². The van der Waals surface area contributed by atoms with E-state index < -0.39 is 0 Å². The second kappa shape index (κ2) is 4.31. The lowest BCUT2D eigenvalue weighted by molar-refractivity contribution is 0.287. The van der Waals surface area contributed by atoms with Crippen LogP contribution in [-0.4, -0.2) is 10.1 Å². The van der Waals surface area contributed by atoms with Gasteiger partial charge in [0.05, 0.1) is 6.20 Å². The molecular weight excluding hydrogens is 216 g/mol. The molecule has 0 N–H and O–H groups in total. The van der Waals surface area contributed by atoms with E-state index in [9.17, 15) is 0 Å². The summed E-state index contributed by atoms with van der Waals surface area (Å²) in [5.74, 6) is 1.42. The molecule has 0 atom stereocenters. The van der Waals surface area contributed by atoms with Gasteiger partial charge in [-0.2, -0.15) is 0 Å². The molecule has 2 aromatic heterocycles. The molecular formula is C10H9ClN2O2. The van der Waals surface area contributed by atoms with Crippen LogP contribution in [0, 0.1) is 6.92 Å². The molecule has 0 fully saturated rings. The molecule has 5 heteroatoms. The minimum atomic E-state index is 0.362. The highest BCUT2D eigenvalue weighted by atomic mass is 35.5. The Morgan fingerprint density at radius 2 is 2.33 bits per heavy atom. The predicted molar refractivity (Wildman–Crippen MR) is 54.8 cm³/mol. The van der Waals surface area contributed by atoms with Crippen molar-refractivity contribution in [3.8, 4) is 5.75 Å². The molecule has 0 unspecified atom stereocenters. The minimum Gasteiger partial charge on any atom is -0.486 e. The SMILES string of the molecule is Cc1cc(COc2ccc(Cl)nc2)no1. The molecule has 0 aliphatic carbocycles. The summed E-state index contributed by atoms with van der Waals surface area (Å²) in [5.41, 5.74) is 0.752. The van der Waals surface area contributed by atoms with Gasteiger partial charge in [0, 0.05) is 6.07 Å². The first-order valence-electron chi connectivity index (χ1n) is 4.40. The lowest BCUT2D eigenvalue weighted by atomic mass is 10.4. The van der Waals surface area contributed by atoms with Gasteiger partial charge >= 0.3 is 0 Å². The van der Waals surface area contributed by atoms with Gasteiger partial charge < -0.3 is 9.26 Å². The maximum Gasteiger partial charge on any atom is 0.138 e. The van der Waals surface area contributed by atoms with Gasteiger partial charge in [-0.25, -0.2) is 4.98 Å². The maximum atomic E-state index is 5.64. The third-order valence-electron chi connectivity index (χ3n) is 1.76. The van der Waals surface area contributed by atoms with Crippen molar-refractivity contribution >= 4 is 11.6 Å². The highest BCUT2D eigenvalue weighted by molar-refractivity contribution is 6.29. The van der Waals surface area contributed by atoms with E-state index in [2.05, 4.69) is 10.1 Å². The smallest absolute Gasteiger partial charge is 0.138 e. The van der Waals surface area contributed by atoms with Crippen LogP contribution in [0.25, 0.3) is 0 Å². The Hall–Kier alpha value is -1.55. The fraction of sp³-hybridized carbons (Fsp3) is 0.200. The molecule has 2 rings (SSSR count). The van der Waals surface area contributed by atoms with E-state index >= 15 is 0 Å². The Bertz CT molecular complexity index is 439. The van der Waals surface area contributed by atoms with Gasteiger partial charge in [-0.3, -0.25) is 0 Å². The molecule has 0 aromatic carbocycles. The molecule has 0 saturated carbocycles. The molecule has 0 saturated heterocycles. The monoisotopic (exact) mass is 224 g/mol. The molecule has 0 bridgehead atoms. The van der Waals surface area contributed by atoms with Crippen molar-refractivity contribution in [1.82, 2.24) is 10.1 Å². The zero-order chi connectivity index (χ0) is 10.7. The number of hydrogen-bond donors (Lipinski definition) is 0. The summed E-state index contributed by atoms with van der Waals surface area (Å²) in [7, 11) is 0. The Morgan fingerprint density at radius 3 is 2.93 bits per heavy atom. The number of nitrogens with zero attached hydrogens (tertiary/aromatic N) is 2. The number of rotatable bonds is 3. The van der Waals surface area contributed by atoms with Crippen LogP contribution in [0.15, 0.2) is 28.9 Å². The second-order valence-corrected chi connectivity index (χ2v) is 3.42. The molecule has 0 aliphatic rings. The number of pyridine rings is 1. The summed E-state index contributed by atoms with van der Waals surface area (Å²) < 4.78 is 10.3. The highest BCUT2D eigenvalue weighted by Gasteiger charge is 2.01. The van der Waals surface area contributed by atoms with Crippen LogP contribution in [0.5, 0.6) is 5.75 Å². The quantitative estimate of drug-likeness (QED) is 0.752. The molecule has 78 valence electrons. The van der Waals surface area contributed by atoms with Crippen molar-refractivity contribution in [1.29, 1.82) is 0 Å². The van der Waals surface area contributed by atoms with Gasteiger partial charge in [-0.05, 0) is 19.1 Å². The minimum absolute atomic E-state index is 0.362. The first-order valence-corrected chi connectivity index (χ1v) is 4.78. The third-order valence-corrected chi connectivity index (χ3v) is 1.99. The molecule has 2 aromatic rings. The van der Waals surface area contributed by atoms with E-state index in [-0.39, 0.29) is 0 Å². The average molecular weight is 225 g/mol. The number of aryl methyl sites for hydroxylation is 1. The summed E-state index contributed by atoms with van der Waals surface area (Å²) in [4.78, 5) is 3.89. The number of hydrogen-bond acceptors (Lipinski definition) is 4. The first kappa shape index (κ1) is 9.98. The van der Waals surface area contributed by atoms with Crippen molar-refractivity contribution in [2.24, 2.45) is 0 Å². The van der Waals surface area contributed by atoms with Crippen molar-refractivity contribution in [3.05, 3.63) is 41.0 Å². The number of halogens is 1. The van der Waals surface area contributed by atoms with Gasteiger partial charge in [0.25, 0.3) is 0 Å².